The van der Waals surface area contributed by atoms with Gasteiger partial charge in [0.25, 0.3) is 0 Å². The van der Waals surface area contributed by atoms with Gasteiger partial charge >= 0.3 is 0 Å². The first-order valence-corrected chi connectivity index (χ1v) is 6.68. The van der Waals surface area contributed by atoms with E-state index in [1.54, 1.807) is 12.1 Å². The minimum Gasteiger partial charge on any atom is -0.374 e. The number of benzene rings is 1. The van der Waals surface area contributed by atoms with Gasteiger partial charge in [-0.05, 0) is 50.9 Å². The second-order valence-corrected chi connectivity index (χ2v) is 5.48. The van der Waals surface area contributed by atoms with Crippen LogP contribution < -0.4 is 5.32 Å². The van der Waals surface area contributed by atoms with Crippen LogP contribution in [0.3, 0.4) is 0 Å². The van der Waals surface area contributed by atoms with Crippen molar-refractivity contribution >= 4 is 11.6 Å². The predicted octanol–water partition coefficient (Wildman–Crippen LogP) is 3.18. The fraction of sp³-hybridized carbons (Fsp3) is 0.571. The van der Waals surface area contributed by atoms with Crippen LogP contribution in [0.2, 0.25) is 5.02 Å². The van der Waals surface area contributed by atoms with Crippen molar-refractivity contribution in [3.05, 3.63) is 34.6 Å². The third-order valence-corrected chi connectivity index (χ3v) is 4.01. The molecule has 0 radical (unpaired) electrons. The lowest BCUT2D eigenvalue weighted by atomic mass is 9.88. The number of ether oxygens (including phenoxy) is 1. The Hall–Kier alpha value is -0.640. The molecule has 1 saturated heterocycles. The fourth-order valence-electron chi connectivity index (χ4n) is 2.61. The first-order chi connectivity index (χ1) is 8.55. The summed E-state index contributed by atoms with van der Waals surface area (Å²) in [6.45, 7) is 2.88. The Bertz CT molecular complexity index is 418. The van der Waals surface area contributed by atoms with Crippen molar-refractivity contribution in [2.75, 3.05) is 13.7 Å². The Kier molecular flexibility index (Phi) is 4.25. The molecule has 0 aliphatic carbocycles. The highest BCUT2D eigenvalue weighted by atomic mass is 35.5. The number of hydrogen-bond acceptors (Lipinski definition) is 2. The third-order valence-electron chi connectivity index (χ3n) is 3.77. The molecule has 4 heteroatoms. The average Bonchev–Trinajstić information content (AvgIpc) is 2.76. The largest absolute Gasteiger partial charge is 0.374 e. The Morgan fingerprint density at radius 2 is 2.33 bits per heavy atom. The van der Waals surface area contributed by atoms with Gasteiger partial charge < -0.3 is 10.1 Å². The number of halogens is 2. The van der Waals surface area contributed by atoms with Gasteiger partial charge in [-0.15, -0.1) is 0 Å². The van der Waals surface area contributed by atoms with Gasteiger partial charge in [0.15, 0.2) is 0 Å². The number of nitrogens with one attached hydrogen (secondary N) is 1. The quantitative estimate of drug-likeness (QED) is 0.908. The van der Waals surface area contributed by atoms with Crippen LogP contribution in [-0.2, 0) is 11.2 Å². The SMILES string of the molecule is CNC(Cc1ccc(Cl)cc1F)C1(C)CCCO1. The predicted molar refractivity (Wildman–Crippen MR) is 71.6 cm³/mol. The minimum absolute atomic E-state index is 0.107. The van der Waals surface area contributed by atoms with Crippen LogP contribution in [0.1, 0.15) is 25.3 Å². The summed E-state index contributed by atoms with van der Waals surface area (Å²) >= 11 is 5.76. The zero-order chi connectivity index (χ0) is 13.2. The molecule has 1 aromatic rings. The molecular weight excluding hydrogens is 253 g/mol. The summed E-state index contributed by atoms with van der Waals surface area (Å²) in [7, 11) is 1.89. The van der Waals surface area contributed by atoms with Crippen LogP contribution in [-0.4, -0.2) is 25.3 Å². The summed E-state index contributed by atoms with van der Waals surface area (Å²) in [5, 5.41) is 3.68. The summed E-state index contributed by atoms with van der Waals surface area (Å²) in [6, 6.07) is 4.95. The van der Waals surface area contributed by atoms with Crippen molar-refractivity contribution in [3.8, 4) is 0 Å². The van der Waals surface area contributed by atoms with E-state index in [9.17, 15) is 4.39 Å². The standard InChI is InChI=1S/C14H19ClFNO/c1-14(6-3-7-18-14)13(17-2)8-10-4-5-11(15)9-12(10)16/h4-5,9,13,17H,3,6-8H2,1-2H3. The van der Waals surface area contributed by atoms with Gasteiger partial charge in [-0.1, -0.05) is 17.7 Å². The Balaban J connectivity index is 2.15. The molecule has 2 nitrogen and oxygen atoms in total. The van der Waals surface area contributed by atoms with Gasteiger partial charge in [0.2, 0.25) is 0 Å². The van der Waals surface area contributed by atoms with E-state index in [4.69, 9.17) is 16.3 Å². The van der Waals surface area contributed by atoms with E-state index in [2.05, 4.69) is 12.2 Å². The fourth-order valence-corrected chi connectivity index (χ4v) is 2.76. The van der Waals surface area contributed by atoms with E-state index in [1.165, 1.54) is 6.07 Å². The van der Waals surface area contributed by atoms with E-state index in [-0.39, 0.29) is 17.5 Å². The highest BCUT2D eigenvalue weighted by Crippen LogP contribution is 2.30. The number of rotatable bonds is 4. The first-order valence-electron chi connectivity index (χ1n) is 6.30. The molecule has 1 N–H and O–H groups in total. The Morgan fingerprint density at radius 3 is 2.89 bits per heavy atom. The van der Waals surface area contributed by atoms with Crippen LogP contribution in [0.5, 0.6) is 0 Å². The summed E-state index contributed by atoms with van der Waals surface area (Å²) in [5.41, 5.74) is 0.469. The summed E-state index contributed by atoms with van der Waals surface area (Å²) in [4.78, 5) is 0. The van der Waals surface area contributed by atoms with Gasteiger partial charge in [-0.3, -0.25) is 0 Å². The van der Waals surface area contributed by atoms with Crippen molar-refractivity contribution in [2.45, 2.75) is 37.8 Å². The molecule has 100 valence electrons. The zero-order valence-corrected chi connectivity index (χ0v) is 11.6. The zero-order valence-electron chi connectivity index (χ0n) is 10.8. The van der Waals surface area contributed by atoms with E-state index in [1.807, 2.05) is 7.05 Å². The number of likely N-dealkylation sites (N-methyl/N-ethyl adjacent to an activating group) is 1. The molecule has 0 spiro atoms. The smallest absolute Gasteiger partial charge is 0.127 e. The maximum absolute atomic E-state index is 13.8. The lowest BCUT2D eigenvalue weighted by molar-refractivity contribution is -0.00960. The van der Waals surface area contributed by atoms with Crippen LogP contribution in [0, 0.1) is 5.82 Å². The van der Waals surface area contributed by atoms with E-state index in [0.29, 0.717) is 17.0 Å². The summed E-state index contributed by atoms with van der Waals surface area (Å²) in [6.07, 6.45) is 2.68. The Morgan fingerprint density at radius 1 is 1.56 bits per heavy atom. The van der Waals surface area contributed by atoms with Crippen molar-refractivity contribution in [2.24, 2.45) is 0 Å². The molecule has 1 aliphatic heterocycles. The molecule has 1 fully saturated rings. The van der Waals surface area contributed by atoms with Crippen molar-refractivity contribution in [1.82, 2.24) is 5.32 Å². The van der Waals surface area contributed by atoms with Gasteiger partial charge in [-0.25, -0.2) is 4.39 Å². The van der Waals surface area contributed by atoms with Crippen LogP contribution >= 0.6 is 11.6 Å². The molecule has 0 saturated carbocycles. The summed E-state index contributed by atoms with van der Waals surface area (Å²) in [5.74, 6) is -0.246. The normalized spacial score (nSPS) is 25.3. The molecule has 2 unspecified atom stereocenters. The monoisotopic (exact) mass is 271 g/mol. The molecule has 0 amide bonds. The van der Waals surface area contributed by atoms with Gasteiger partial charge in [0.05, 0.1) is 5.60 Å². The molecule has 1 aliphatic rings. The second-order valence-electron chi connectivity index (χ2n) is 5.05. The minimum atomic E-state index is -0.246. The molecule has 1 aromatic carbocycles. The average molecular weight is 272 g/mol. The first kappa shape index (κ1) is 13.8. The highest BCUT2D eigenvalue weighted by Gasteiger charge is 2.37. The topological polar surface area (TPSA) is 21.3 Å². The van der Waals surface area contributed by atoms with Gasteiger partial charge in [0.1, 0.15) is 5.82 Å². The van der Waals surface area contributed by atoms with E-state index < -0.39 is 0 Å². The molecule has 0 aromatic heterocycles. The molecule has 1 heterocycles. The lowest BCUT2D eigenvalue weighted by Crippen LogP contribution is -2.48. The summed E-state index contributed by atoms with van der Waals surface area (Å²) < 4.78 is 19.6. The van der Waals surface area contributed by atoms with Crippen LogP contribution in [0.25, 0.3) is 0 Å². The maximum Gasteiger partial charge on any atom is 0.127 e. The van der Waals surface area contributed by atoms with Crippen molar-refractivity contribution in [1.29, 1.82) is 0 Å². The second kappa shape index (κ2) is 5.55. The van der Waals surface area contributed by atoms with Gasteiger partial charge in [-0.2, -0.15) is 0 Å². The van der Waals surface area contributed by atoms with Crippen LogP contribution in [0.4, 0.5) is 4.39 Å². The third kappa shape index (κ3) is 2.85. The lowest BCUT2D eigenvalue weighted by Gasteiger charge is -2.33. The highest BCUT2D eigenvalue weighted by molar-refractivity contribution is 6.30. The molecule has 18 heavy (non-hydrogen) atoms. The van der Waals surface area contributed by atoms with E-state index in [0.717, 1.165) is 19.4 Å². The van der Waals surface area contributed by atoms with Crippen molar-refractivity contribution < 1.29 is 9.13 Å². The van der Waals surface area contributed by atoms with E-state index >= 15 is 0 Å². The maximum atomic E-state index is 13.8. The number of hydrogen-bond donors (Lipinski definition) is 1. The van der Waals surface area contributed by atoms with Gasteiger partial charge in [0, 0.05) is 17.7 Å². The molecular formula is C14H19ClFNO. The van der Waals surface area contributed by atoms with Crippen LogP contribution in [0.15, 0.2) is 18.2 Å². The Labute approximate surface area is 112 Å². The van der Waals surface area contributed by atoms with Crippen molar-refractivity contribution in [3.63, 3.8) is 0 Å². The molecule has 2 rings (SSSR count). The molecule has 0 bridgehead atoms. The molecule has 2 atom stereocenters.